The molecule has 2 N–H and O–H groups in total. The molecular formula is C20H14BrCl2NO3. The van der Waals surface area contributed by atoms with Gasteiger partial charge in [0.15, 0.2) is 0 Å². The maximum atomic E-state index is 12.1. The van der Waals surface area contributed by atoms with Crippen molar-refractivity contribution in [2.24, 2.45) is 0 Å². The molecule has 0 spiro atoms. The predicted molar refractivity (Wildman–Crippen MR) is 112 cm³/mol. The molecule has 2 aromatic carbocycles. The van der Waals surface area contributed by atoms with Gasteiger partial charge in [-0.15, -0.1) is 0 Å². The maximum absolute atomic E-state index is 12.1. The Bertz CT molecular complexity index is 1020. The molecular weight excluding hydrogens is 453 g/mol. The molecule has 1 aromatic heterocycles. The van der Waals surface area contributed by atoms with E-state index in [1.54, 1.807) is 55.5 Å². The van der Waals surface area contributed by atoms with Gasteiger partial charge in [-0.05, 0) is 77.0 Å². The van der Waals surface area contributed by atoms with E-state index in [0.29, 0.717) is 42.9 Å². The molecule has 0 saturated carbocycles. The van der Waals surface area contributed by atoms with Crippen molar-refractivity contribution in [2.75, 3.05) is 5.32 Å². The van der Waals surface area contributed by atoms with Crippen LogP contribution in [0.4, 0.5) is 5.69 Å². The van der Waals surface area contributed by atoms with E-state index in [2.05, 4.69) is 21.2 Å². The molecule has 0 atom stereocenters. The van der Waals surface area contributed by atoms with Crippen LogP contribution in [0.2, 0.25) is 10.0 Å². The molecule has 0 aliphatic heterocycles. The third-order valence-electron chi connectivity index (χ3n) is 3.74. The summed E-state index contributed by atoms with van der Waals surface area (Å²) in [5, 5.41) is 13.6. The molecule has 27 heavy (non-hydrogen) atoms. The van der Waals surface area contributed by atoms with Crippen molar-refractivity contribution in [3.63, 3.8) is 0 Å². The number of hydrogen-bond donors (Lipinski definition) is 2. The number of aromatic hydroxyl groups is 1. The van der Waals surface area contributed by atoms with Gasteiger partial charge in [-0.2, -0.15) is 0 Å². The number of hydrogen-bond acceptors (Lipinski definition) is 3. The van der Waals surface area contributed by atoms with Crippen molar-refractivity contribution in [1.29, 1.82) is 0 Å². The van der Waals surface area contributed by atoms with Gasteiger partial charge < -0.3 is 14.8 Å². The molecule has 3 aromatic rings. The Morgan fingerprint density at radius 1 is 1.19 bits per heavy atom. The van der Waals surface area contributed by atoms with Crippen molar-refractivity contribution in [2.45, 2.75) is 6.92 Å². The Morgan fingerprint density at radius 3 is 2.70 bits per heavy atom. The number of rotatable bonds is 4. The van der Waals surface area contributed by atoms with Crippen LogP contribution in [0.15, 0.2) is 57.4 Å². The fraction of sp³-hybridized carbons (Fsp3) is 0.0500. The molecule has 0 radical (unpaired) electrons. The second-order valence-corrected chi connectivity index (χ2v) is 7.47. The van der Waals surface area contributed by atoms with Crippen molar-refractivity contribution in [3.05, 3.63) is 74.4 Å². The van der Waals surface area contributed by atoms with Crippen LogP contribution in [0, 0.1) is 6.92 Å². The first kappa shape index (κ1) is 19.5. The zero-order valence-corrected chi connectivity index (χ0v) is 17.2. The van der Waals surface area contributed by atoms with Crippen LogP contribution in [0.5, 0.6) is 5.75 Å². The Hall–Kier alpha value is -2.21. The van der Waals surface area contributed by atoms with Crippen molar-refractivity contribution < 1.29 is 14.3 Å². The molecule has 1 heterocycles. The normalized spacial score (nSPS) is 11.1. The summed E-state index contributed by atoms with van der Waals surface area (Å²) in [5.41, 5.74) is 1.90. The minimum atomic E-state index is -0.328. The third kappa shape index (κ3) is 4.75. The van der Waals surface area contributed by atoms with E-state index in [4.69, 9.17) is 27.6 Å². The van der Waals surface area contributed by atoms with Gasteiger partial charge >= 0.3 is 0 Å². The Balaban J connectivity index is 1.72. The van der Waals surface area contributed by atoms with Gasteiger partial charge in [0.1, 0.15) is 17.3 Å². The van der Waals surface area contributed by atoms with Crippen LogP contribution in [0.1, 0.15) is 11.3 Å². The van der Waals surface area contributed by atoms with Gasteiger partial charge in [-0.25, -0.2) is 0 Å². The molecule has 0 aliphatic rings. The van der Waals surface area contributed by atoms with E-state index in [1.165, 1.54) is 6.08 Å². The average molecular weight is 467 g/mol. The topological polar surface area (TPSA) is 62.5 Å². The molecule has 7 heteroatoms. The monoisotopic (exact) mass is 465 g/mol. The van der Waals surface area contributed by atoms with Crippen LogP contribution in [-0.4, -0.2) is 11.0 Å². The number of aryl methyl sites for hydroxylation is 1. The van der Waals surface area contributed by atoms with E-state index in [0.717, 1.165) is 0 Å². The summed E-state index contributed by atoms with van der Waals surface area (Å²) in [7, 11) is 0. The Kier molecular flexibility index (Phi) is 5.95. The number of halogens is 3. The van der Waals surface area contributed by atoms with Gasteiger partial charge in [-0.3, -0.25) is 4.79 Å². The van der Waals surface area contributed by atoms with E-state index in [1.807, 2.05) is 0 Å². The summed E-state index contributed by atoms with van der Waals surface area (Å²) >= 11 is 15.4. The largest absolute Gasteiger partial charge is 0.506 e. The first-order chi connectivity index (χ1) is 12.8. The van der Waals surface area contributed by atoms with Gasteiger partial charge in [0.25, 0.3) is 0 Å². The minimum absolute atomic E-state index is 0.145. The molecule has 0 fully saturated rings. The fourth-order valence-electron chi connectivity index (χ4n) is 2.42. The SMILES string of the molecule is Cc1cc(NC(=O)/C=C/c2ccc(-c3cc(Cl)ccc3Cl)o2)cc(Br)c1O. The number of carbonyl (C=O) groups is 1. The highest BCUT2D eigenvalue weighted by atomic mass is 79.9. The van der Waals surface area contributed by atoms with Crippen molar-refractivity contribution >= 4 is 56.8 Å². The number of furan rings is 1. The average Bonchev–Trinajstić information content (AvgIpc) is 3.09. The standard InChI is InChI=1S/C20H14BrCl2NO3/c1-11-8-13(10-16(21)20(11)26)24-19(25)7-4-14-3-6-18(27-14)15-9-12(22)2-5-17(15)23/h2-10,26H,1H3,(H,24,25)/b7-4+. The van der Waals surface area contributed by atoms with Gasteiger partial charge in [0.2, 0.25) is 5.91 Å². The smallest absolute Gasteiger partial charge is 0.248 e. The third-order valence-corrected chi connectivity index (χ3v) is 4.91. The Labute approximate surface area is 174 Å². The van der Waals surface area contributed by atoms with Gasteiger partial charge in [0, 0.05) is 22.3 Å². The lowest BCUT2D eigenvalue weighted by Crippen LogP contribution is -2.07. The summed E-state index contributed by atoms with van der Waals surface area (Å²) in [6.45, 7) is 1.75. The predicted octanol–water partition coefficient (Wildman–Crippen LogP) is 6.68. The molecule has 138 valence electrons. The molecule has 3 rings (SSSR count). The lowest BCUT2D eigenvalue weighted by Gasteiger charge is -2.07. The van der Waals surface area contributed by atoms with Crippen molar-refractivity contribution in [3.8, 4) is 17.1 Å². The van der Waals surface area contributed by atoms with E-state index in [-0.39, 0.29) is 11.7 Å². The number of anilines is 1. The summed E-state index contributed by atoms with van der Waals surface area (Å²) < 4.78 is 6.22. The zero-order chi connectivity index (χ0) is 19.6. The first-order valence-electron chi connectivity index (χ1n) is 7.87. The lowest BCUT2D eigenvalue weighted by molar-refractivity contribution is -0.111. The highest BCUT2D eigenvalue weighted by Gasteiger charge is 2.09. The lowest BCUT2D eigenvalue weighted by atomic mass is 10.2. The van der Waals surface area contributed by atoms with E-state index >= 15 is 0 Å². The second kappa shape index (κ2) is 8.21. The number of amides is 1. The molecule has 0 saturated heterocycles. The quantitative estimate of drug-likeness (QED) is 0.333. The molecule has 0 bridgehead atoms. The van der Waals surface area contributed by atoms with Crippen molar-refractivity contribution in [1.82, 2.24) is 0 Å². The van der Waals surface area contributed by atoms with Crippen LogP contribution in [-0.2, 0) is 4.79 Å². The van der Waals surface area contributed by atoms with Crippen LogP contribution >= 0.6 is 39.1 Å². The van der Waals surface area contributed by atoms with Gasteiger partial charge in [0.05, 0.1) is 9.50 Å². The number of carbonyl (C=O) groups excluding carboxylic acids is 1. The molecule has 1 amide bonds. The Morgan fingerprint density at radius 2 is 1.96 bits per heavy atom. The number of phenolic OH excluding ortho intramolecular Hbond substituents is 1. The number of benzene rings is 2. The highest BCUT2D eigenvalue weighted by molar-refractivity contribution is 9.10. The summed E-state index contributed by atoms with van der Waals surface area (Å²) in [6.07, 6.45) is 2.91. The fourth-order valence-corrected chi connectivity index (χ4v) is 3.37. The molecule has 0 aliphatic carbocycles. The van der Waals surface area contributed by atoms with Gasteiger partial charge in [-0.1, -0.05) is 23.2 Å². The maximum Gasteiger partial charge on any atom is 0.248 e. The summed E-state index contributed by atoms with van der Waals surface area (Å²) in [5.74, 6) is 0.872. The minimum Gasteiger partial charge on any atom is -0.506 e. The van der Waals surface area contributed by atoms with E-state index < -0.39 is 0 Å². The molecule has 4 nitrogen and oxygen atoms in total. The number of phenols is 1. The van der Waals surface area contributed by atoms with Crippen LogP contribution in [0.25, 0.3) is 17.4 Å². The number of nitrogens with one attached hydrogen (secondary N) is 1. The first-order valence-corrected chi connectivity index (χ1v) is 9.42. The highest BCUT2D eigenvalue weighted by Crippen LogP contribution is 2.32. The zero-order valence-electron chi connectivity index (χ0n) is 14.1. The summed E-state index contributed by atoms with van der Waals surface area (Å²) in [6, 6.07) is 11.9. The molecule has 0 unspecified atom stereocenters. The van der Waals surface area contributed by atoms with Crippen LogP contribution in [0.3, 0.4) is 0 Å². The second-order valence-electron chi connectivity index (χ2n) is 5.77. The summed E-state index contributed by atoms with van der Waals surface area (Å²) in [4.78, 5) is 12.1. The van der Waals surface area contributed by atoms with E-state index in [9.17, 15) is 9.90 Å². The van der Waals surface area contributed by atoms with Crippen LogP contribution < -0.4 is 5.32 Å².